The molecule has 2 unspecified atom stereocenters. The molecule has 4 rings (SSSR count). The third kappa shape index (κ3) is 5.90. The Bertz CT molecular complexity index is 734. The number of hydrogen-bond acceptors (Lipinski definition) is 7. The molecule has 0 spiro atoms. The highest BCUT2D eigenvalue weighted by Crippen LogP contribution is 2.19. The highest BCUT2D eigenvalue weighted by atomic mass is 16.5. The number of aliphatic hydroxyl groups is 1. The number of ether oxygens (including phenoxy) is 1. The summed E-state index contributed by atoms with van der Waals surface area (Å²) >= 11 is 0. The lowest BCUT2D eigenvalue weighted by atomic mass is 9.98. The van der Waals surface area contributed by atoms with E-state index in [0.717, 1.165) is 58.6 Å². The molecular formula is C21H31N5O3. The van der Waals surface area contributed by atoms with Crippen LogP contribution in [-0.2, 0) is 9.53 Å². The van der Waals surface area contributed by atoms with Crippen LogP contribution in [0.4, 0.5) is 0 Å². The van der Waals surface area contributed by atoms with Crippen molar-refractivity contribution < 1.29 is 14.6 Å². The SMILES string of the molecule is CO.O=C1OCCC1NCN1CCCC(CN=C2NNCC3=CC#CCC=C32)C1. The monoisotopic (exact) mass is 401 g/mol. The van der Waals surface area contributed by atoms with Gasteiger partial charge in [0.15, 0.2) is 0 Å². The van der Waals surface area contributed by atoms with Crippen LogP contribution < -0.4 is 16.2 Å². The number of nitrogens with one attached hydrogen (secondary N) is 3. The second-order valence-electron chi connectivity index (χ2n) is 7.44. The van der Waals surface area contributed by atoms with Crippen LogP contribution in [0.5, 0.6) is 0 Å². The van der Waals surface area contributed by atoms with Gasteiger partial charge in [0.1, 0.15) is 11.9 Å². The Balaban J connectivity index is 0.00000117. The molecule has 0 aromatic carbocycles. The van der Waals surface area contributed by atoms with E-state index in [1.54, 1.807) is 0 Å². The maximum atomic E-state index is 11.6. The smallest absolute Gasteiger partial charge is 0.323 e. The zero-order chi connectivity index (χ0) is 20.5. The van der Waals surface area contributed by atoms with E-state index in [-0.39, 0.29) is 12.0 Å². The van der Waals surface area contributed by atoms with E-state index in [1.165, 1.54) is 24.0 Å². The Morgan fingerprint density at radius 3 is 3.14 bits per heavy atom. The molecule has 4 aliphatic rings. The number of likely N-dealkylation sites (tertiary alicyclic amines) is 1. The van der Waals surface area contributed by atoms with Gasteiger partial charge in [0, 0.05) is 51.8 Å². The van der Waals surface area contributed by atoms with E-state index >= 15 is 0 Å². The number of fused-ring (bicyclic) bond motifs is 1. The summed E-state index contributed by atoms with van der Waals surface area (Å²) in [5.41, 5.74) is 8.79. The lowest BCUT2D eigenvalue weighted by molar-refractivity contribution is -0.139. The number of carbonyl (C=O) groups excluding carboxylic acids is 1. The molecule has 3 heterocycles. The van der Waals surface area contributed by atoms with Crippen LogP contribution in [0.3, 0.4) is 0 Å². The van der Waals surface area contributed by atoms with Crippen LogP contribution in [0.2, 0.25) is 0 Å². The van der Waals surface area contributed by atoms with Crippen LogP contribution in [0.25, 0.3) is 0 Å². The third-order valence-corrected chi connectivity index (χ3v) is 5.45. The first-order valence-electron chi connectivity index (χ1n) is 10.3. The molecule has 29 heavy (non-hydrogen) atoms. The predicted molar refractivity (Wildman–Crippen MR) is 112 cm³/mol. The molecule has 3 aliphatic heterocycles. The van der Waals surface area contributed by atoms with E-state index in [1.807, 2.05) is 6.08 Å². The van der Waals surface area contributed by atoms with Crippen molar-refractivity contribution in [1.82, 2.24) is 21.1 Å². The number of piperidine rings is 1. The molecule has 4 N–H and O–H groups in total. The van der Waals surface area contributed by atoms with Crippen molar-refractivity contribution in [1.29, 1.82) is 0 Å². The van der Waals surface area contributed by atoms with Gasteiger partial charge in [0.05, 0.1) is 6.61 Å². The number of aliphatic imine (C=N–C) groups is 1. The molecule has 0 amide bonds. The van der Waals surface area contributed by atoms with Crippen molar-refractivity contribution in [3.05, 3.63) is 23.3 Å². The summed E-state index contributed by atoms with van der Waals surface area (Å²) in [6.07, 6.45) is 8.05. The fourth-order valence-electron chi connectivity index (χ4n) is 3.95. The molecule has 158 valence electrons. The molecule has 3 fully saturated rings. The Kier molecular flexibility index (Phi) is 8.25. The van der Waals surface area contributed by atoms with Crippen LogP contribution in [0.1, 0.15) is 25.7 Å². The first-order valence-corrected chi connectivity index (χ1v) is 10.3. The highest BCUT2D eigenvalue weighted by molar-refractivity contribution is 6.03. The number of rotatable bonds is 5. The van der Waals surface area contributed by atoms with Gasteiger partial charge in [-0.25, -0.2) is 5.43 Å². The van der Waals surface area contributed by atoms with E-state index in [0.29, 0.717) is 12.5 Å². The summed E-state index contributed by atoms with van der Waals surface area (Å²) in [4.78, 5) is 18.8. The standard InChI is InChI=1S/C20H27N5O2.CH4O/c26-20-18(8-10-27-20)22-14-25-9-4-5-15(13-25)11-21-19-17-7-3-1-2-6-16(17)12-23-24-19;1-2/h6-7,15,18,22-23H,3-5,8-14H2,(H,21,24);2H,1H3. The van der Waals surface area contributed by atoms with E-state index in [9.17, 15) is 4.79 Å². The van der Waals surface area contributed by atoms with E-state index in [4.69, 9.17) is 14.8 Å². The van der Waals surface area contributed by atoms with Crippen LogP contribution >= 0.6 is 0 Å². The summed E-state index contributed by atoms with van der Waals surface area (Å²) in [5, 5.41) is 10.3. The van der Waals surface area contributed by atoms with Gasteiger partial charge in [-0.1, -0.05) is 17.9 Å². The highest BCUT2D eigenvalue weighted by Gasteiger charge is 2.27. The number of hydrogen-bond donors (Lipinski definition) is 4. The van der Waals surface area contributed by atoms with Gasteiger partial charge in [-0.05, 0) is 37.0 Å². The summed E-state index contributed by atoms with van der Waals surface area (Å²) < 4.78 is 5.02. The second kappa shape index (κ2) is 11.1. The predicted octanol–water partition coefficient (Wildman–Crippen LogP) is -0.0643. The number of aliphatic hydroxyl groups excluding tert-OH is 1. The molecule has 8 nitrogen and oxygen atoms in total. The normalized spacial score (nSPS) is 27.8. The lowest BCUT2D eigenvalue weighted by Gasteiger charge is -2.33. The summed E-state index contributed by atoms with van der Waals surface area (Å²) in [7, 11) is 1.00. The minimum absolute atomic E-state index is 0.115. The third-order valence-electron chi connectivity index (χ3n) is 5.45. The Morgan fingerprint density at radius 1 is 1.41 bits per heavy atom. The van der Waals surface area contributed by atoms with Crippen molar-refractivity contribution in [2.24, 2.45) is 10.9 Å². The molecule has 1 aliphatic carbocycles. The van der Waals surface area contributed by atoms with Gasteiger partial charge in [0.25, 0.3) is 0 Å². The number of hydrazine groups is 1. The quantitative estimate of drug-likeness (QED) is 0.378. The Hall–Kier alpha value is -2.18. The topological polar surface area (TPSA) is 98.2 Å². The first-order chi connectivity index (χ1) is 14.3. The zero-order valence-electron chi connectivity index (χ0n) is 17.0. The maximum Gasteiger partial charge on any atom is 0.323 e. The van der Waals surface area contributed by atoms with Crippen LogP contribution in [-0.4, -0.2) is 74.4 Å². The summed E-state index contributed by atoms with van der Waals surface area (Å²) in [6.45, 7) is 4.92. The van der Waals surface area contributed by atoms with E-state index < -0.39 is 0 Å². The lowest BCUT2D eigenvalue weighted by Crippen LogP contribution is -2.47. The molecule has 3 saturated heterocycles. The molecule has 0 radical (unpaired) electrons. The Labute approximate surface area is 172 Å². The number of nitrogens with zero attached hydrogens (tertiary/aromatic N) is 2. The van der Waals surface area contributed by atoms with Gasteiger partial charge in [-0.2, -0.15) is 0 Å². The van der Waals surface area contributed by atoms with Crippen molar-refractivity contribution in [2.45, 2.75) is 31.7 Å². The van der Waals surface area contributed by atoms with Crippen molar-refractivity contribution >= 4 is 11.8 Å². The largest absolute Gasteiger partial charge is 0.464 e. The number of allylic oxidation sites excluding steroid dienone is 2. The van der Waals surface area contributed by atoms with Gasteiger partial charge >= 0.3 is 5.97 Å². The molecular weight excluding hydrogens is 370 g/mol. The molecule has 0 aromatic heterocycles. The molecule has 8 heteroatoms. The minimum Gasteiger partial charge on any atom is -0.464 e. The molecule has 0 aromatic rings. The first kappa shape index (κ1) is 21.5. The van der Waals surface area contributed by atoms with Crippen LogP contribution in [0, 0.1) is 17.8 Å². The van der Waals surface area contributed by atoms with E-state index in [2.05, 4.69) is 39.0 Å². The molecule has 0 bridgehead atoms. The average molecular weight is 402 g/mol. The fourth-order valence-corrected chi connectivity index (χ4v) is 3.95. The molecule has 0 saturated carbocycles. The van der Waals surface area contributed by atoms with Gasteiger partial charge in [-0.15, -0.1) is 0 Å². The summed E-state index contributed by atoms with van der Waals surface area (Å²) in [6, 6.07) is -0.141. The minimum atomic E-state index is -0.141. The number of esters is 1. The van der Waals surface area contributed by atoms with Crippen LogP contribution in [0.15, 0.2) is 28.3 Å². The van der Waals surface area contributed by atoms with Gasteiger partial charge in [-0.3, -0.25) is 20.0 Å². The van der Waals surface area contributed by atoms with Crippen molar-refractivity contribution in [3.8, 4) is 11.8 Å². The fraction of sp³-hybridized carbons (Fsp3) is 0.619. The number of carbonyl (C=O) groups is 1. The van der Waals surface area contributed by atoms with Gasteiger partial charge < -0.3 is 15.3 Å². The molecule has 2 atom stereocenters. The average Bonchev–Trinajstić information content (AvgIpc) is 3.02. The zero-order valence-corrected chi connectivity index (χ0v) is 17.0. The summed E-state index contributed by atoms with van der Waals surface area (Å²) in [5.74, 6) is 7.53. The Morgan fingerprint density at radius 2 is 2.31 bits per heavy atom. The second-order valence-corrected chi connectivity index (χ2v) is 7.44. The van der Waals surface area contributed by atoms with Gasteiger partial charge in [0.2, 0.25) is 0 Å². The number of amidine groups is 1. The number of cyclic esters (lactones) is 1. The van der Waals surface area contributed by atoms with Crippen molar-refractivity contribution in [2.75, 3.05) is 46.6 Å². The van der Waals surface area contributed by atoms with Crippen molar-refractivity contribution in [3.63, 3.8) is 0 Å². The maximum absolute atomic E-state index is 11.6.